The summed E-state index contributed by atoms with van der Waals surface area (Å²) >= 11 is 1.50. The SMILES string of the molecule is Cc1nc(-c2ccccc2NC(=O)Cc2cccc(C(F)(F)F)c2)cs1. The van der Waals surface area contributed by atoms with Gasteiger partial charge in [-0.25, -0.2) is 4.98 Å². The molecule has 0 atom stereocenters. The molecule has 0 aliphatic rings. The molecule has 0 radical (unpaired) electrons. The number of nitrogens with one attached hydrogen (secondary N) is 1. The Kier molecular flexibility index (Phi) is 5.08. The van der Waals surface area contributed by atoms with E-state index in [1.54, 1.807) is 12.1 Å². The van der Waals surface area contributed by atoms with Crippen molar-refractivity contribution in [3.8, 4) is 11.3 Å². The van der Waals surface area contributed by atoms with Gasteiger partial charge in [-0.2, -0.15) is 13.2 Å². The predicted molar refractivity (Wildman–Crippen MR) is 96.1 cm³/mol. The molecule has 1 amide bonds. The van der Waals surface area contributed by atoms with E-state index in [1.807, 2.05) is 24.4 Å². The topological polar surface area (TPSA) is 42.0 Å². The van der Waals surface area contributed by atoms with Crippen LogP contribution in [0, 0.1) is 6.92 Å². The Morgan fingerprint density at radius 2 is 1.92 bits per heavy atom. The highest BCUT2D eigenvalue weighted by molar-refractivity contribution is 7.09. The summed E-state index contributed by atoms with van der Waals surface area (Å²) < 4.78 is 38.4. The summed E-state index contributed by atoms with van der Waals surface area (Å²) in [5.41, 5.74) is 1.65. The van der Waals surface area contributed by atoms with Crippen LogP contribution in [0.3, 0.4) is 0 Å². The molecule has 0 saturated heterocycles. The molecule has 7 heteroatoms. The van der Waals surface area contributed by atoms with E-state index >= 15 is 0 Å². The molecule has 0 saturated carbocycles. The number of hydrogen-bond donors (Lipinski definition) is 1. The van der Waals surface area contributed by atoms with Crippen LogP contribution in [-0.2, 0) is 17.4 Å². The Morgan fingerprint density at radius 3 is 2.62 bits per heavy atom. The Hall–Kier alpha value is -2.67. The second-order valence-electron chi connectivity index (χ2n) is 5.72. The summed E-state index contributed by atoms with van der Waals surface area (Å²) in [6.45, 7) is 1.89. The predicted octanol–water partition coefficient (Wildman–Crippen LogP) is 5.32. The highest BCUT2D eigenvalue weighted by Crippen LogP contribution is 2.30. The number of para-hydroxylation sites is 1. The van der Waals surface area contributed by atoms with Gasteiger partial charge in [-0.1, -0.05) is 36.4 Å². The van der Waals surface area contributed by atoms with Crippen LogP contribution in [0.25, 0.3) is 11.3 Å². The maximum Gasteiger partial charge on any atom is 0.416 e. The zero-order valence-electron chi connectivity index (χ0n) is 13.8. The third-order valence-electron chi connectivity index (χ3n) is 3.72. The van der Waals surface area contributed by atoms with Gasteiger partial charge >= 0.3 is 6.18 Å². The van der Waals surface area contributed by atoms with Crippen molar-refractivity contribution in [2.75, 3.05) is 5.32 Å². The molecule has 3 rings (SSSR count). The van der Waals surface area contributed by atoms with Gasteiger partial charge in [0.2, 0.25) is 5.91 Å². The fourth-order valence-corrected chi connectivity index (χ4v) is 3.15. The van der Waals surface area contributed by atoms with Gasteiger partial charge in [0.05, 0.1) is 28.4 Å². The molecular formula is C19H15F3N2OS. The molecule has 1 aromatic heterocycles. The van der Waals surface area contributed by atoms with Crippen LogP contribution in [-0.4, -0.2) is 10.9 Å². The minimum Gasteiger partial charge on any atom is -0.325 e. The third-order valence-corrected chi connectivity index (χ3v) is 4.49. The average molecular weight is 376 g/mol. The normalized spacial score (nSPS) is 11.4. The zero-order chi connectivity index (χ0) is 18.7. The van der Waals surface area contributed by atoms with Gasteiger partial charge in [0, 0.05) is 10.9 Å². The number of halogens is 3. The van der Waals surface area contributed by atoms with Gasteiger partial charge in [-0.15, -0.1) is 11.3 Å². The minimum absolute atomic E-state index is 0.144. The molecule has 3 aromatic rings. The van der Waals surface area contributed by atoms with Gasteiger partial charge in [0.25, 0.3) is 0 Å². The van der Waals surface area contributed by atoms with Gasteiger partial charge in [-0.3, -0.25) is 4.79 Å². The second-order valence-corrected chi connectivity index (χ2v) is 6.78. The number of thiazole rings is 1. The number of nitrogens with zero attached hydrogens (tertiary/aromatic N) is 1. The van der Waals surface area contributed by atoms with Crippen LogP contribution in [0.1, 0.15) is 16.1 Å². The third kappa shape index (κ3) is 4.29. The number of rotatable bonds is 4. The van der Waals surface area contributed by atoms with E-state index in [2.05, 4.69) is 10.3 Å². The van der Waals surface area contributed by atoms with E-state index in [4.69, 9.17) is 0 Å². The molecule has 2 aromatic carbocycles. The maximum absolute atomic E-state index is 12.8. The lowest BCUT2D eigenvalue weighted by atomic mass is 10.1. The van der Waals surface area contributed by atoms with Crippen LogP contribution in [0.5, 0.6) is 0 Å². The first-order valence-electron chi connectivity index (χ1n) is 7.80. The van der Waals surface area contributed by atoms with Crippen molar-refractivity contribution < 1.29 is 18.0 Å². The summed E-state index contributed by atoms with van der Waals surface area (Å²) in [5, 5.41) is 5.57. The molecule has 0 fully saturated rings. The van der Waals surface area contributed by atoms with E-state index in [0.29, 0.717) is 11.3 Å². The monoisotopic (exact) mass is 376 g/mol. The van der Waals surface area contributed by atoms with Crippen molar-refractivity contribution in [1.82, 2.24) is 4.98 Å². The summed E-state index contributed by atoms with van der Waals surface area (Å²) in [7, 11) is 0. The van der Waals surface area contributed by atoms with Crippen LogP contribution in [0.2, 0.25) is 0 Å². The summed E-state index contributed by atoms with van der Waals surface area (Å²) in [5.74, 6) is -0.385. The molecule has 0 bridgehead atoms. The molecule has 26 heavy (non-hydrogen) atoms. The molecule has 134 valence electrons. The second kappa shape index (κ2) is 7.29. The Labute approximate surface area is 152 Å². The lowest BCUT2D eigenvalue weighted by molar-refractivity contribution is -0.137. The highest BCUT2D eigenvalue weighted by atomic mass is 32.1. The van der Waals surface area contributed by atoms with E-state index in [1.165, 1.54) is 23.5 Å². The van der Waals surface area contributed by atoms with Gasteiger partial charge in [0.1, 0.15) is 0 Å². The quantitative estimate of drug-likeness (QED) is 0.670. The average Bonchev–Trinajstić information content (AvgIpc) is 3.01. The van der Waals surface area contributed by atoms with Gasteiger partial charge < -0.3 is 5.32 Å². The van der Waals surface area contributed by atoms with Crippen molar-refractivity contribution in [2.45, 2.75) is 19.5 Å². The van der Waals surface area contributed by atoms with Crippen molar-refractivity contribution in [3.63, 3.8) is 0 Å². The van der Waals surface area contributed by atoms with Gasteiger partial charge in [0.15, 0.2) is 0 Å². The van der Waals surface area contributed by atoms with Crippen molar-refractivity contribution in [1.29, 1.82) is 0 Å². The molecule has 0 aliphatic heterocycles. The first-order valence-corrected chi connectivity index (χ1v) is 8.68. The first kappa shape index (κ1) is 18.1. The minimum atomic E-state index is -4.43. The fourth-order valence-electron chi connectivity index (χ4n) is 2.54. The lowest BCUT2D eigenvalue weighted by Crippen LogP contribution is -2.15. The summed E-state index contributed by atoms with van der Waals surface area (Å²) in [6.07, 6.45) is -4.57. The Morgan fingerprint density at radius 1 is 1.15 bits per heavy atom. The van der Waals surface area contributed by atoms with Crippen LogP contribution >= 0.6 is 11.3 Å². The number of benzene rings is 2. The molecule has 1 N–H and O–H groups in total. The van der Waals surface area contributed by atoms with E-state index in [0.717, 1.165) is 28.4 Å². The first-order chi connectivity index (χ1) is 12.3. The van der Waals surface area contributed by atoms with E-state index in [9.17, 15) is 18.0 Å². The van der Waals surface area contributed by atoms with Crippen LogP contribution < -0.4 is 5.32 Å². The highest BCUT2D eigenvalue weighted by Gasteiger charge is 2.30. The standard InChI is InChI=1S/C19H15F3N2OS/c1-12-23-17(11-26-12)15-7-2-3-8-16(15)24-18(25)10-13-5-4-6-14(9-13)19(20,21)22/h2-9,11H,10H2,1H3,(H,24,25). The van der Waals surface area contributed by atoms with Crippen molar-refractivity contribution in [3.05, 3.63) is 70.0 Å². The molecular weight excluding hydrogens is 361 g/mol. The zero-order valence-corrected chi connectivity index (χ0v) is 14.6. The Balaban J connectivity index is 1.77. The number of amides is 1. The maximum atomic E-state index is 12.8. The molecule has 1 heterocycles. The van der Waals surface area contributed by atoms with Crippen molar-refractivity contribution in [2.24, 2.45) is 0 Å². The lowest BCUT2D eigenvalue weighted by Gasteiger charge is -2.11. The number of hydrogen-bond acceptors (Lipinski definition) is 3. The molecule has 0 unspecified atom stereocenters. The number of anilines is 1. The molecule has 0 aliphatic carbocycles. The molecule has 0 spiro atoms. The fraction of sp³-hybridized carbons (Fsp3) is 0.158. The number of carbonyl (C=O) groups excluding carboxylic acids is 1. The summed E-state index contributed by atoms with van der Waals surface area (Å²) in [4.78, 5) is 16.7. The van der Waals surface area contributed by atoms with E-state index in [-0.39, 0.29) is 12.3 Å². The number of alkyl halides is 3. The Bertz CT molecular complexity index is 934. The number of aryl methyl sites for hydroxylation is 1. The van der Waals surface area contributed by atoms with Crippen molar-refractivity contribution >= 4 is 22.9 Å². The smallest absolute Gasteiger partial charge is 0.325 e. The number of aromatic nitrogens is 1. The van der Waals surface area contributed by atoms with Crippen LogP contribution in [0.4, 0.5) is 18.9 Å². The number of carbonyl (C=O) groups is 1. The largest absolute Gasteiger partial charge is 0.416 e. The van der Waals surface area contributed by atoms with Crippen LogP contribution in [0.15, 0.2) is 53.9 Å². The van der Waals surface area contributed by atoms with Gasteiger partial charge in [-0.05, 0) is 24.6 Å². The van der Waals surface area contributed by atoms with E-state index < -0.39 is 11.7 Å². The summed E-state index contributed by atoms with van der Waals surface area (Å²) in [6, 6.07) is 12.0. The molecule has 3 nitrogen and oxygen atoms in total.